The van der Waals surface area contributed by atoms with Crippen molar-refractivity contribution in [3.05, 3.63) is 107 Å². The van der Waals surface area contributed by atoms with Gasteiger partial charge in [0.25, 0.3) is 5.91 Å². The summed E-state index contributed by atoms with van der Waals surface area (Å²) in [6.45, 7) is 1.28. The summed E-state index contributed by atoms with van der Waals surface area (Å²) in [4.78, 5) is 16.5. The molecule has 0 aliphatic heterocycles. The van der Waals surface area contributed by atoms with Crippen LogP contribution >= 0.6 is 11.6 Å². The maximum absolute atomic E-state index is 12.6. The van der Waals surface area contributed by atoms with E-state index in [1.165, 1.54) is 11.9 Å². The second kappa shape index (κ2) is 9.24. The average Bonchev–Trinajstić information content (AvgIpc) is 3.27. The predicted molar refractivity (Wildman–Crippen MR) is 119 cm³/mol. The van der Waals surface area contributed by atoms with E-state index in [2.05, 4.69) is 20.7 Å². The number of benzene rings is 3. The number of rotatable bonds is 7. The standard InChI is InChI=1S/C23H20ClN5O/c24-21-12-20(10-11-22(21)26-13-17-4-2-1-3-5-17)28-23(30)19-8-6-18(7-9-19)14-29-16-25-15-27-29/h1-12,15-16,26H,13-14H2,(H,28,30). The number of halogens is 1. The highest BCUT2D eigenvalue weighted by atomic mass is 35.5. The third-order valence-electron chi connectivity index (χ3n) is 4.58. The molecule has 30 heavy (non-hydrogen) atoms. The van der Waals surface area contributed by atoms with Gasteiger partial charge in [0.2, 0.25) is 0 Å². The predicted octanol–water partition coefficient (Wildman–Crippen LogP) is 4.84. The summed E-state index contributed by atoms with van der Waals surface area (Å²) in [5, 5.41) is 10.8. The molecule has 0 spiro atoms. The van der Waals surface area contributed by atoms with Gasteiger partial charge in [-0.1, -0.05) is 54.1 Å². The van der Waals surface area contributed by atoms with Crippen molar-refractivity contribution in [2.24, 2.45) is 0 Å². The minimum Gasteiger partial charge on any atom is -0.380 e. The maximum Gasteiger partial charge on any atom is 0.255 e. The Hall–Kier alpha value is -3.64. The van der Waals surface area contributed by atoms with Gasteiger partial charge < -0.3 is 10.6 Å². The number of nitrogens with one attached hydrogen (secondary N) is 2. The minimum absolute atomic E-state index is 0.191. The maximum atomic E-state index is 12.6. The molecule has 4 aromatic rings. The van der Waals surface area contributed by atoms with Crippen LogP contribution in [0.1, 0.15) is 21.5 Å². The molecule has 0 saturated heterocycles. The van der Waals surface area contributed by atoms with Crippen LogP contribution in [0.2, 0.25) is 5.02 Å². The number of carbonyl (C=O) groups excluding carboxylic acids is 1. The van der Waals surface area contributed by atoms with Crippen molar-refractivity contribution < 1.29 is 4.79 Å². The van der Waals surface area contributed by atoms with E-state index in [0.29, 0.717) is 29.4 Å². The van der Waals surface area contributed by atoms with E-state index in [0.717, 1.165) is 11.3 Å². The molecule has 7 heteroatoms. The quantitative estimate of drug-likeness (QED) is 0.451. The van der Waals surface area contributed by atoms with Crippen LogP contribution in [0.15, 0.2) is 85.5 Å². The van der Waals surface area contributed by atoms with Crippen molar-refractivity contribution in [3.63, 3.8) is 0 Å². The van der Waals surface area contributed by atoms with Crippen LogP contribution in [0.4, 0.5) is 11.4 Å². The molecule has 0 atom stereocenters. The van der Waals surface area contributed by atoms with Gasteiger partial charge in [0, 0.05) is 17.8 Å². The molecule has 0 saturated carbocycles. The lowest BCUT2D eigenvalue weighted by Crippen LogP contribution is -2.12. The Morgan fingerprint density at radius 1 is 0.967 bits per heavy atom. The van der Waals surface area contributed by atoms with Crippen LogP contribution in [0.3, 0.4) is 0 Å². The molecule has 3 aromatic carbocycles. The molecule has 1 heterocycles. The molecular weight excluding hydrogens is 398 g/mol. The van der Waals surface area contributed by atoms with Crippen LogP contribution in [0.25, 0.3) is 0 Å². The first-order chi connectivity index (χ1) is 14.7. The molecule has 0 unspecified atom stereocenters. The fourth-order valence-electron chi connectivity index (χ4n) is 3.00. The molecule has 0 bridgehead atoms. The van der Waals surface area contributed by atoms with E-state index in [-0.39, 0.29) is 5.91 Å². The van der Waals surface area contributed by atoms with E-state index in [1.807, 2.05) is 54.6 Å². The molecule has 1 aromatic heterocycles. The number of anilines is 2. The Labute approximate surface area is 179 Å². The fourth-order valence-corrected chi connectivity index (χ4v) is 3.24. The Balaban J connectivity index is 1.36. The summed E-state index contributed by atoms with van der Waals surface area (Å²) in [5.74, 6) is -0.191. The van der Waals surface area contributed by atoms with E-state index in [9.17, 15) is 4.79 Å². The number of nitrogens with zero attached hydrogens (tertiary/aromatic N) is 3. The molecule has 0 radical (unpaired) electrons. The van der Waals surface area contributed by atoms with Gasteiger partial charge in [0.05, 0.1) is 17.3 Å². The minimum atomic E-state index is -0.191. The van der Waals surface area contributed by atoms with Gasteiger partial charge in [-0.25, -0.2) is 9.67 Å². The van der Waals surface area contributed by atoms with Crippen molar-refractivity contribution in [2.75, 3.05) is 10.6 Å². The number of amides is 1. The van der Waals surface area contributed by atoms with Gasteiger partial charge in [0.15, 0.2) is 0 Å². The topological polar surface area (TPSA) is 71.8 Å². The second-order valence-corrected chi connectivity index (χ2v) is 7.19. The summed E-state index contributed by atoms with van der Waals surface area (Å²) in [7, 11) is 0. The van der Waals surface area contributed by atoms with E-state index in [1.54, 1.807) is 29.2 Å². The summed E-state index contributed by atoms with van der Waals surface area (Å²) in [6.07, 6.45) is 3.15. The fraction of sp³-hybridized carbons (Fsp3) is 0.0870. The molecule has 0 aliphatic carbocycles. The zero-order chi connectivity index (χ0) is 20.8. The van der Waals surface area contributed by atoms with Crippen LogP contribution in [-0.2, 0) is 13.1 Å². The average molecular weight is 418 g/mol. The summed E-state index contributed by atoms with van der Waals surface area (Å²) in [5.41, 5.74) is 4.23. The number of aromatic nitrogens is 3. The Morgan fingerprint density at radius 3 is 2.47 bits per heavy atom. The molecule has 4 rings (SSSR count). The van der Waals surface area contributed by atoms with Crippen LogP contribution in [0, 0.1) is 0 Å². The normalized spacial score (nSPS) is 10.6. The Morgan fingerprint density at radius 2 is 1.77 bits per heavy atom. The molecule has 0 aliphatic rings. The summed E-state index contributed by atoms with van der Waals surface area (Å²) < 4.78 is 1.73. The van der Waals surface area contributed by atoms with Gasteiger partial charge in [-0.3, -0.25) is 4.79 Å². The Bertz CT molecular complexity index is 1110. The first-order valence-electron chi connectivity index (χ1n) is 9.47. The highest BCUT2D eigenvalue weighted by molar-refractivity contribution is 6.33. The summed E-state index contributed by atoms with van der Waals surface area (Å²) in [6, 6.07) is 22.9. The lowest BCUT2D eigenvalue weighted by molar-refractivity contribution is 0.102. The van der Waals surface area contributed by atoms with E-state index in [4.69, 9.17) is 11.6 Å². The van der Waals surface area contributed by atoms with Gasteiger partial charge in [-0.15, -0.1) is 0 Å². The van der Waals surface area contributed by atoms with Crippen molar-refractivity contribution >= 4 is 28.9 Å². The van der Waals surface area contributed by atoms with Crippen molar-refractivity contribution in [3.8, 4) is 0 Å². The summed E-state index contributed by atoms with van der Waals surface area (Å²) >= 11 is 6.39. The molecule has 6 nitrogen and oxygen atoms in total. The molecule has 2 N–H and O–H groups in total. The second-order valence-electron chi connectivity index (χ2n) is 6.78. The first kappa shape index (κ1) is 19.7. The largest absolute Gasteiger partial charge is 0.380 e. The molecule has 150 valence electrons. The smallest absolute Gasteiger partial charge is 0.255 e. The van der Waals surface area contributed by atoms with Gasteiger partial charge in [0.1, 0.15) is 12.7 Å². The zero-order valence-corrected chi connectivity index (χ0v) is 16.9. The molecule has 0 fully saturated rings. The van der Waals surface area contributed by atoms with Crippen LogP contribution < -0.4 is 10.6 Å². The van der Waals surface area contributed by atoms with Crippen LogP contribution in [-0.4, -0.2) is 20.7 Å². The van der Waals surface area contributed by atoms with Gasteiger partial charge in [-0.2, -0.15) is 5.10 Å². The van der Waals surface area contributed by atoms with Crippen LogP contribution in [0.5, 0.6) is 0 Å². The van der Waals surface area contributed by atoms with Crippen molar-refractivity contribution in [1.82, 2.24) is 14.8 Å². The molecule has 1 amide bonds. The van der Waals surface area contributed by atoms with Gasteiger partial charge in [-0.05, 0) is 41.5 Å². The first-order valence-corrected chi connectivity index (χ1v) is 9.85. The van der Waals surface area contributed by atoms with Crippen molar-refractivity contribution in [1.29, 1.82) is 0 Å². The van der Waals surface area contributed by atoms with Gasteiger partial charge >= 0.3 is 0 Å². The highest BCUT2D eigenvalue weighted by Gasteiger charge is 2.08. The number of hydrogen-bond donors (Lipinski definition) is 2. The third kappa shape index (κ3) is 5.04. The number of carbonyl (C=O) groups is 1. The lowest BCUT2D eigenvalue weighted by atomic mass is 10.1. The highest BCUT2D eigenvalue weighted by Crippen LogP contribution is 2.26. The lowest BCUT2D eigenvalue weighted by Gasteiger charge is -2.11. The Kier molecular flexibility index (Phi) is 6.06. The molecular formula is C23H20ClN5O. The zero-order valence-electron chi connectivity index (χ0n) is 16.1. The SMILES string of the molecule is O=C(Nc1ccc(NCc2ccccc2)c(Cl)c1)c1ccc(Cn2cncn2)cc1. The third-order valence-corrected chi connectivity index (χ3v) is 4.89. The number of hydrogen-bond acceptors (Lipinski definition) is 4. The monoisotopic (exact) mass is 417 g/mol. The van der Waals surface area contributed by atoms with E-state index < -0.39 is 0 Å². The van der Waals surface area contributed by atoms with Crippen molar-refractivity contribution in [2.45, 2.75) is 13.1 Å². The van der Waals surface area contributed by atoms with E-state index >= 15 is 0 Å².